The number of aliphatic hydroxyl groups is 9. The molecule has 2 aliphatic heterocycles. The van der Waals surface area contributed by atoms with Gasteiger partial charge in [-0.25, -0.2) is 0 Å². The predicted molar refractivity (Wildman–Crippen MR) is 194 cm³/mol. The summed E-state index contributed by atoms with van der Waals surface area (Å²) in [6.07, 6.45) is -6.32. The van der Waals surface area contributed by atoms with Crippen molar-refractivity contribution in [2.24, 2.45) is 50.2 Å². The lowest BCUT2D eigenvalue weighted by Crippen LogP contribution is -2.68. The van der Waals surface area contributed by atoms with Gasteiger partial charge in [-0.3, -0.25) is 4.79 Å². The number of fused-ring (bicyclic) bond motifs is 7. The Morgan fingerprint density at radius 2 is 1.45 bits per heavy atom. The predicted octanol–water partition coefficient (Wildman–Crippen LogP) is 0.899. The number of carbonyl (C=O) groups excluding carboxylic acids is 1. The van der Waals surface area contributed by atoms with Gasteiger partial charge in [-0.15, -0.1) is 0 Å². The van der Waals surface area contributed by atoms with Crippen LogP contribution in [0.3, 0.4) is 0 Å². The Kier molecular flexibility index (Phi) is 10.8. The maximum atomic E-state index is 14.6. The quantitative estimate of drug-likeness (QED) is 0.104. The third-order valence-electron chi connectivity index (χ3n) is 17.2. The monoisotopic (exact) mass is 782 g/mol. The summed E-state index contributed by atoms with van der Waals surface area (Å²) in [5, 5.41) is 95.7. The van der Waals surface area contributed by atoms with Crippen LogP contribution in [0.4, 0.5) is 0 Å². The molecule has 0 amide bonds. The van der Waals surface area contributed by atoms with Crippen LogP contribution < -0.4 is 0 Å². The lowest BCUT2D eigenvalue weighted by Gasteiger charge is -2.71. The van der Waals surface area contributed by atoms with Gasteiger partial charge in [0, 0.05) is 11.3 Å². The average Bonchev–Trinajstić information content (AvgIpc) is 3.14. The van der Waals surface area contributed by atoms with Gasteiger partial charge in [-0.1, -0.05) is 53.2 Å². The van der Waals surface area contributed by atoms with E-state index in [1.807, 2.05) is 20.8 Å². The van der Waals surface area contributed by atoms with Gasteiger partial charge in [0.1, 0.15) is 42.7 Å². The molecule has 0 aromatic heterocycles. The number of ether oxygens (including phenoxy) is 4. The number of carbonyl (C=O) groups is 1. The molecule has 6 fully saturated rings. The van der Waals surface area contributed by atoms with Crippen LogP contribution in [0, 0.1) is 50.2 Å². The fraction of sp³-hybridized carbons (Fsp3) is 0.927. The van der Waals surface area contributed by atoms with Gasteiger partial charge in [-0.05, 0) is 91.3 Å². The maximum absolute atomic E-state index is 14.6. The highest BCUT2D eigenvalue weighted by Gasteiger charge is 2.71. The normalized spacial score (nSPS) is 54.9. The molecule has 0 unspecified atom stereocenters. The Morgan fingerprint density at radius 1 is 0.782 bits per heavy atom. The number of aliphatic hydroxyl groups excluding tert-OH is 9. The van der Waals surface area contributed by atoms with Crippen molar-refractivity contribution in [2.75, 3.05) is 19.8 Å². The van der Waals surface area contributed by atoms with Crippen LogP contribution >= 0.6 is 0 Å². The van der Waals surface area contributed by atoms with E-state index in [0.717, 1.165) is 24.8 Å². The van der Waals surface area contributed by atoms with E-state index in [2.05, 4.69) is 26.8 Å². The van der Waals surface area contributed by atoms with Crippen molar-refractivity contribution < 1.29 is 69.7 Å². The summed E-state index contributed by atoms with van der Waals surface area (Å²) in [6, 6.07) is 0. The second-order valence-corrected chi connectivity index (χ2v) is 20.0. The molecule has 314 valence electrons. The third-order valence-corrected chi connectivity index (χ3v) is 17.2. The molecule has 5 aliphatic carbocycles. The molecule has 0 radical (unpaired) electrons. The molecule has 4 saturated carbocycles. The summed E-state index contributed by atoms with van der Waals surface area (Å²) in [4.78, 5) is 14.6. The average molecular weight is 783 g/mol. The van der Waals surface area contributed by atoms with E-state index in [1.165, 1.54) is 0 Å². The topological polar surface area (TPSA) is 236 Å². The molecule has 7 aliphatic rings. The fourth-order valence-electron chi connectivity index (χ4n) is 13.3. The van der Waals surface area contributed by atoms with Crippen LogP contribution in [0.5, 0.6) is 0 Å². The highest BCUT2D eigenvalue weighted by Crippen LogP contribution is 2.76. The summed E-state index contributed by atoms with van der Waals surface area (Å²) >= 11 is 0. The van der Waals surface area contributed by atoms with E-state index < -0.39 is 108 Å². The molecule has 19 atom stereocenters. The first kappa shape index (κ1) is 41.9. The first-order valence-corrected chi connectivity index (χ1v) is 20.5. The van der Waals surface area contributed by atoms with Crippen molar-refractivity contribution in [3.63, 3.8) is 0 Å². The lowest BCUT2D eigenvalue weighted by atomic mass is 9.33. The minimum Gasteiger partial charge on any atom is -0.432 e. The molecular formula is C41H66O14. The van der Waals surface area contributed by atoms with Crippen molar-refractivity contribution >= 4 is 5.97 Å². The van der Waals surface area contributed by atoms with Gasteiger partial charge < -0.3 is 64.9 Å². The molecule has 7 rings (SSSR count). The lowest BCUT2D eigenvalue weighted by molar-refractivity contribution is -0.313. The molecule has 14 heteroatoms. The molecular weight excluding hydrogens is 716 g/mol. The molecule has 0 aromatic rings. The second kappa shape index (κ2) is 14.2. The fourth-order valence-corrected chi connectivity index (χ4v) is 13.3. The van der Waals surface area contributed by atoms with Crippen LogP contribution in [0.2, 0.25) is 0 Å². The van der Waals surface area contributed by atoms with E-state index in [-0.39, 0.29) is 35.9 Å². The summed E-state index contributed by atoms with van der Waals surface area (Å²) in [6.45, 7) is 12.1. The smallest absolute Gasteiger partial charge is 0.315 e. The van der Waals surface area contributed by atoms with E-state index in [4.69, 9.17) is 18.9 Å². The van der Waals surface area contributed by atoms with Crippen molar-refractivity contribution in [3.05, 3.63) is 11.6 Å². The van der Waals surface area contributed by atoms with Crippen molar-refractivity contribution in [2.45, 2.75) is 167 Å². The van der Waals surface area contributed by atoms with Crippen molar-refractivity contribution in [3.8, 4) is 0 Å². The van der Waals surface area contributed by atoms with E-state index in [1.54, 1.807) is 0 Å². The minimum atomic E-state index is -1.73. The van der Waals surface area contributed by atoms with Crippen molar-refractivity contribution in [1.82, 2.24) is 0 Å². The Bertz CT molecular complexity index is 1490. The van der Waals surface area contributed by atoms with E-state index in [0.29, 0.717) is 38.5 Å². The van der Waals surface area contributed by atoms with Gasteiger partial charge in [0.05, 0.1) is 37.4 Å². The molecule has 0 bridgehead atoms. The zero-order valence-corrected chi connectivity index (χ0v) is 33.2. The Morgan fingerprint density at radius 3 is 2.13 bits per heavy atom. The van der Waals surface area contributed by atoms with Crippen LogP contribution in [-0.4, -0.2) is 139 Å². The number of hydrogen-bond acceptors (Lipinski definition) is 14. The molecule has 2 heterocycles. The second-order valence-electron chi connectivity index (χ2n) is 20.0. The van der Waals surface area contributed by atoms with E-state index in [9.17, 15) is 50.8 Å². The molecule has 9 N–H and O–H groups in total. The number of allylic oxidation sites excluding steroid dienone is 1. The third kappa shape index (κ3) is 5.97. The molecule has 14 nitrogen and oxygen atoms in total. The maximum Gasteiger partial charge on any atom is 0.315 e. The first-order chi connectivity index (χ1) is 25.7. The molecule has 55 heavy (non-hydrogen) atoms. The van der Waals surface area contributed by atoms with Gasteiger partial charge in [0.25, 0.3) is 0 Å². The van der Waals surface area contributed by atoms with Gasteiger partial charge in [-0.2, -0.15) is 0 Å². The largest absolute Gasteiger partial charge is 0.432 e. The van der Waals surface area contributed by atoms with Crippen molar-refractivity contribution in [1.29, 1.82) is 0 Å². The zero-order valence-electron chi connectivity index (χ0n) is 33.2. The highest BCUT2D eigenvalue weighted by atomic mass is 16.7. The molecule has 2 saturated heterocycles. The Hall–Kier alpha value is -1.27. The van der Waals surface area contributed by atoms with Gasteiger partial charge in [0.2, 0.25) is 6.29 Å². The molecule has 0 aromatic carbocycles. The zero-order chi connectivity index (χ0) is 40.3. The number of hydrogen-bond donors (Lipinski definition) is 9. The van der Waals surface area contributed by atoms with Gasteiger partial charge in [0.15, 0.2) is 6.29 Å². The first-order valence-electron chi connectivity index (χ1n) is 20.5. The van der Waals surface area contributed by atoms with Crippen LogP contribution in [0.15, 0.2) is 11.6 Å². The van der Waals surface area contributed by atoms with Gasteiger partial charge >= 0.3 is 5.97 Å². The minimum absolute atomic E-state index is 0.0482. The Labute approximate surface area is 323 Å². The Balaban J connectivity index is 1.20. The van der Waals surface area contributed by atoms with E-state index >= 15 is 0 Å². The van der Waals surface area contributed by atoms with Crippen LogP contribution in [0.25, 0.3) is 0 Å². The summed E-state index contributed by atoms with van der Waals surface area (Å²) in [5.74, 6) is -0.978. The molecule has 0 spiro atoms. The standard InChI is InChI=1S/C41H66O14/c1-36(2)13-15-41(35(51)55-34-31(49)29(47)28(46)22(17-42)53-34)16-14-39(5)20(26(41)32(36)50)7-8-24-37(3)11-10-25(54-33-30(48)27(45)21(44)18-52-33)38(4,19-43)23(37)9-12-40(24,39)6/h7,21-34,42-50H,8-19H2,1-6H3/t21-,22+,23-,24+,25-,26-,27-,28+,29-,30+,31+,32-,33-,34-,37-,38-,39+,40+,41-/m0/s1. The summed E-state index contributed by atoms with van der Waals surface area (Å²) in [5.41, 5.74) is -2.16. The van der Waals surface area contributed by atoms with Crippen LogP contribution in [0.1, 0.15) is 99.3 Å². The SMILES string of the molecule is CC1(C)CC[C@]2(C(=O)O[C@@H]3O[C@H](CO)[C@@H](O)[C@H](O)[C@H]3O)CC[C@]3(C)C(=CC[C@@H]4[C@@]5(C)CC[C@H](O[C@@H]6OC[C@H](O)[C@H](O)[C@H]6O)[C@@](C)(CO)[C@H]5CC[C@]43C)[C@H]2[C@@H]1O. The summed E-state index contributed by atoms with van der Waals surface area (Å²) < 4.78 is 23.5. The highest BCUT2D eigenvalue weighted by molar-refractivity contribution is 5.79. The summed E-state index contributed by atoms with van der Waals surface area (Å²) in [7, 11) is 0. The number of rotatable bonds is 6. The number of esters is 1. The van der Waals surface area contributed by atoms with Crippen LogP contribution in [-0.2, 0) is 23.7 Å².